The molecule has 0 saturated heterocycles. The smallest absolute Gasteiger partial charge is 0.355 e. The third kappa shape index (κ3) is 4.44. The van der Waals surface area contributed by atoms with Crippen molar-refractivity contribution >= 4 is 29.2 Å². The Morgan fingerprint density at radius 3 is 2.38 bits per heavy atom. The molecule has 0 radical (unpaired) electrons. The van der Waals surface area contributed by atoms with E-state index in [9.17, 15) is 14.4 Å². The lowest BCUT2D eigenvalue weighted by Gasteiger charge is -2.31. The van der Waals surface area contributed by atoms with Gasteiger partial charge < -0.3 is 24.4 Å². The number of benzene rings is 2. The van der Waals surface area contributed by atoms with E-state index < -0.39 is 11.9 Å². The van der Waals surface area contributed by atoms with Crippen LogP contribution in [0.1, 0.15) is 10.4 Å². The number of hydrogen-bond acceptors (Lipinski definition) is 7. The minimum Gasteiger partial charge on any atom is -0.466 e. The molecule has 0 fully saturated rings. The Hall–Kier alpha value is -3.65. The number of carbonyl (C=O) groups excluding carboxylic acids is 3. The summed E-state index contributed by atoms with van der Waals surface area (Å²) in [6.45, 7) is -0.0426. The van der Waals surface area contributed by atoms with E-state index in [2.05, 4.69) is 5.32 Å². The van der Waals surface area contributed by atoms with Crippen molar-refractivity contribution in [1.82, 2.24) is 0 Å². The Bertz CT molecular complexity index is 955. The molecule has 150 valence electrons. The Morgan fingerprint density at radius 2 is 1.69 bits per heavy atom. The van der Waals surface area contributed by atoms with Crippen molar-refractivity contribution in [2.45, 2.75) is 0 Å². The molecule has 29 heavy (non-hydrogen) atoms. The van der Waals surface area contributed by atoms with Crippen LogP contribution < -0.4 is 10.2 Å². The van der Waals surface area contributed by atoms with Crippen molar-refractivity contribution in [3.05, 3.63) is 71.4 Å². The van der Waals surface area contributed by atoms with Gasteiger partial charge in [-0.15, -0.1) is 0 Å². The maximum Gasteiger partial charge on any atom is 0.355 e. The largest absolute Gasteiger partial charge is 0.466 e. The Morgan fingerprint density at radius 1 is 0.966 bits per heavy atom. The summed E-state index contributed by atoms with van der Waals surface area (Å²) in [6, 6.07) is 15.6. The zero-order valence-electron chi connectivity index (χ0n) is 16.0. The fourth-order valence-corrected chi connectivity index (χ4v) is 2.89. The van der Waals surface area contributed by atoms with Crippen LogP contribution in [0, 0.1) is 0 Å². The number of carbonyl (C=O) groups is 3. The van der Waals surface area contributed by atoms with Gasteiger partial charge in [-0.25, -0.2) is 9.59 Å². The van der Waals surface area contributed by atoms with E-state index in [1.54, 1.807) is 48.5 Å². The summed E-state index contributed by atoms with van der Waals surface area (Å²) in [5.41, 5.74) is 1.67. The predicted octanol–water partition coefficient (Wildman–Crippen LogP) is 2.33. The summed E-state index contributed by atoms with van der Waals surface area (Å²) >= 11 is 0. The lowest BCUT2D eigenvalue weighted by atomic mass is 10.1. The van der Waals surface area contributed by atoms with Gasteiger partial charge in [-0.1, -0.05) is 24.3 Å². The zero-order valence-corrected chi connectivity index (χ0v) is 16.0. The highest BCUT2D eigenvalue weighted by atomic mass is 16.5. The summed E-state index contributed by atoms with van der Waals surface area (Å²) in [7, 11) is 2.46. The van der Waals surface area contributed by atoms with Crippen LogP contribution in [0.3, 0.4) is 0 Å². The fourth-order valence-electron chi connectivity index (χ4n) is 2.89. The van der Waals surface area contributed by atoms with Crippen LogP contribution in [0.2, 0.25) is 0 Å². The number of nitrogens with one attached hydrogen (secondary N) is 1. The summed E-state index contributed by atoms with van der Waals surface area (Å²) in [4.78, 5) is 38.4. The van der Waals surface area contributed by atoms with E-state index >= 15 is 0 Å². The minimum atomic E-state index is -0.688. The summed E-state index contributed by atoms with van der Waals surface area (Å²) in [5, 5.41) is 2.81. The molecule has 0 spiro atoms. The highest BCUT2D eigenvalue weighted by Gasteiger charge is 2.32. The second kappa shape index (κ2) is 9.03. The average molecular weight is 396 g/mol. The average Bonchev–Trinajstić information content (AvgIpc) is 2.78. The van der Waals surface area contributed by atoms with Gasteiger partial charge in [0.1, 0.15) is 12.4 Å². The highest BCUT2D eigenvalue weighted by Crippen LogP contribution is 2.28. The first-order valence-corrected chi connectivity index (χ1v) is 8.76. The number of anilines is 2. The van der Waals surface area contributed by atoms with Crippen LogP contribution in [0.15, 0.2) is 65.9 Å². The van der Waals surface area contributed by atoms with Crippen LogP contribution in [0.4, 0.5) is 11.4 Å². The molecule has 0 unspecified atom stereocenters. The Balaban J connectivity index is 1.93. The zero-order chi connectivity index (χ0) is 20.8. The van der Waals surface area contributed by atoms with Crippen LogP contribution >= 0.6 is 0 Å². The monoisotopic (exact) mass is 396 g/mol. The molecular weight excluding hydrogens is 376 g/mol. The number of esters is 2. The number of nitrogens with zero attached hydrogens (tertiary/aromatic N) is 1. The Labute approximate surface area is 167 Å². The van der Waals surface area contributed by atoms with Gasteiger partial charge in [-0.2, -0.15) is 0 Å². The van der Waals surface area contributed by atoms with Crippen LogP contribution in [0.5, 0.6) is 0 Å². The first kappa shape index (κ1) is 20.1. The number of amides is 1. The van der Waals surface area contributed by atoms with Gasteiger partial charge in [0.15, 0.2) is 0 Å². The van der Waals surface area contributed by atoms with Crippen LogP contribution in [-0.4, -0.2) is 45.4 Å². The second-order valence-electron chi connectivity index (χ2n) is 6.09. The van der Waals surface area contributed by atoms with Gasteiger partial charge in [0.2, 0.25) is 0 Å². The molecular formula is C21H20N2O6. The number of rotatable bonds is 5. The SMILES string of the molecule is COC(=O)C1=C(C(=O)OC)N(c2cccc(NC(=O)c3ccccc3)c2)COC1. The standard InChI is InChI=1S/C21H20N2O6/c1-27-20(25)17-12-29-13-23(18(17)21(26)28-2)16-10-6-9-15(11-16)22-19(24)14-7-4-3-5-8-14/h3-11H,12-13H2,1-2H3,(H,22,24). The molecule has 0 atom stereocenters. The van der Waals surface area contributed by atoms with E-state index in [1.165, 1.54) is 19.1 Å². The lowest BCUT2D eigenvalue weighted by Crippen LogP contribution is -2.38. The molecule has 1 aliphatic rings. The van der Waals surface area contributed by atoms with E-state index in [1.807, 2.05) is 6.07 Å². The van der Waals surface area contributed by atoms with E-state index in [0.29, 0.717) is 16.9 Å². The fraction of sp³-hybridized carbons (Fsp3) is 0.190. The highest BCUT2D eigenvalue weighted by molar-refractivity contribution is 6.05. The molecule has 2 aromatic rings. The molecule has 8 heteroatoms. The van der Waals surface area contributed by atoms with Crippen LogP contribution in [0.25, 0.3) is 0 Å². The van der Waals surface area contributed by atoms with Crippen molar-refractivity contribution < 1.29 is 28.6 Å². The summed E-state index contributed by atoms with van der Waals surface area (Å²) in [5.74, 6) is -1.63. The summed E-state index contributed by atoms with van der Waals surface area (Å²) in [6.07, 6.45) is 0. The number of ether oxygens (including phenoxy) is 3. The van der Waals surface area contributed by atoms with Crippen molar-refractivity contribution in [1.29, 1.82) is 0 Å². The molecule has 0 saturated carbocycles. The Kier molecular flexibility index (Phi) is 6.25. The first-order valence-electron chi connectivity index (χ1n) is 8.76. The van der Waals surface area contributed by atoms with Crippen molar-refractivity contribution in [3.8, 4) is 0 Å². The number of hydrogen-bond donors (Lipinski definition) is 1. The third-order valence-corrected chi connectivity index (χ3v) is 4.28. The molecule has 1 heterocycles. The maximum atomic E-state index is 12.4. The maximum absolute atomic E-state index is 12.4. The normalized spacial score (nSPS) is 13.7. The second-order valence-corrected chi connectivity index (χ2v) is 6.09. The number of methoxy groups -OCH3 is 2. The van der Waals surface area contributed by atoms with E-state index in [4.69, 9.17) is 14.2 Å². The predicted molar refractivity (Wildman–Crippen MR) is 105 cm³/mol. The molecule has 8 nitrogen and oxygen atoms in total. The molecule has 2 aromatic carbocycles. The van der Waals surface area contributed by atoms with Gasteiger partial charge in [0.25, 0.3) is 5.91 Å². The van der Waals surface area contributed by atoms with Crippen LogP contribution in [-0.2, 0) is 23.8 Å². The van der Waals surface area contributed by atoms with E-state index in [0.717, 1.165) is 0 Å². The molecule has 0 bridgehead atoms. The van der Waals surface area contributed by atoms with Gasteiger partial charge in [-0.3, -0.25) is 4.79 Å². The molecule has 1 N–H and O–H groups in total. The molecule has 0 aromatic heterocycles. The lowest BCUT2D eigenvalue weighted by molar-refractivity contribution is -0.140. The van der Waals surface area contributed by atoms with Gasteiger partial charge in [0, 0.05) is 16.9 Å². The molecule has 3 rings (SSSR count). The van der Waals surface area contributed by atoms with Gasteiger partial charge in [-0.05, 0) is 30.3 Å². The van der Waals surface area contributed by atoms with Gasteiger partial charge >= 0.3 is 11.9 Å². The topological polar surface area (TPSA) is 94.2 Å². The van der Waals surface area contributed by atoms with E-state index in [-0.39, 0.29) is 30.5 Å². The quantitative estimate of drug-likeness (QED) is 0.775. The van der Waals surface area contributed by atoms with Gasteiger partial charge in [0.05, 0.1) is 26.4 Å². The molecule has 0 aliphatic carbocycles. The van der Waals surface area contributed by atoms with Crippen molar-refractivity contribution in [3.63, 3.8) is 0 Å². The van der Waals surface area contributed by atoms with Crippen molar-refractivity contribution in [2.24, 2.45) is 0 Å². The molecule has 1 aliphatic heterocycles. The summed E-state index contributed by atoms with van der Waals surface area (Å²) < 4.78 is 15.1. The minimum absolute atomic E-state index is 0.0288. The first-order chi connectivity index (χ1) is 14.0. The molecule has 1 amide bonds. The van der Waals surface area contributed by atoms with Crippen molar-refractivity contribution in [2.75, 3.05) is 37.8 Å². The third-order valence-electron chi connectivity index (χ3n) is 4.28.